The van der Waals surface area contributed by atoms with Gasteiger partial charge in [-0.25, -0.2) is 9.37 Å². The molecule has 1 N–H and O–H groups in total. The predicted molar refractivity (Wildman–Crippen MR) is 174 cm³/mol. The molecule has 0 bridgehead atoms. The molecule has 0 saturated carbocycles. The Morgan fingerprint density at radius 1 is 1.11 bits per heavy atom. The van der Waals surface area contributed by atoms with E-state index in [4.69, 9.17) is 33.3 Å². The summed E-state index contributed by atoms with van der Waals surface area (Å²) < 4.78 is 19.0. The summed E-state index contributed by atoms with van der Waals surface area (Å²) in [6.07, 6.45) is 6.28. The summed E-state index contributed by atoms with van der Waals surface area (Å²) in [6.45, 7) is 10.4. The Morgan fingerprint density at radius 2 is 1.84 bits per heavy atom. The number of benzene rings is 2. The lowest BCUT2D eigenvalue weighted by atomic mass is 9.90. The molecule has 0 radical (unpaired) electrons. The van der Waals surface area contributed by atoms with Crippen LogP contribution in [0.3, 0.4) is 0 Å². The largest absolute Gasteiger partial charge is 0.352 e. The minimum Gasteiger partial charge on any atom is -0.352 e. The fourth-order valence-electron chi connectivity index (χ4n) is 6.76. The van der Waals surface area contributed by atoms with E-state index in [2.05, 4.69) is 47.6 Å². The highest BCUT2D eigenvalue weighted by atomic mass is 35.5. The number of pyridine rings is 1. The number of hydrogen-bond acceptors (Lipinski definition) is 6. The Balaban J connectivity index is 1.45. The molecule has 2 aromatic carbocycles. The molecule has 1 amide bonds. The van der Waals surface area contributed by atoms with E-state index in [1.54, 1.807) is 23.2 Å². The fraction of sp³-hybridized carbons (Fsp3) is 0.375. The van der Waals surface area contributed by atoms with Gasteiger partial charge in [0.05, 0.1) is 45.4 Å². The molecular formula is C32H33Cl2FN8O. The zero-order chi connectivity index (χ0) is 31.1. The van der Waals surface area contributed by atoms with Gasteiger partial charge < -0.3 is 14.7 Å². The van der Waals surface area contributed by atoms with Gasteiger partial charge in [-0.3, -0.25) is 14.6 Å². The van der Waals surface area contributed by atoms with Gasteiger partial charge in [-0.05, 0) is 64.6 Å². The Kier molecular flexibility index (Phi) is 6.87. The second-order valence-corrected chi connectivity index (χ2v) is 13.2. The van der Waals surface area contributed by atoms with Gasteiger partial charge in [0, 0.05) is 53.1 Å². The minimum absolute atomic E-state index is 0.0190. The number of likely N-dealkylation sites (N-methyl/N-ethyl adjacent to an activating group) is 1. The molecule has 0 atom stereocenters. The van der Waals surface area contributed by atoms with E-state index in [-0.39, 0.29) is 33.6 Å². The van der Waals surface area contributed by atoms with Crippen molar-refractivity contribution in [2.24, 2.45) is 0 Å². The number of halogens is 3. The summed E-state index contributed by atoms with van der Waals surface area (Å²) in [5.41, 5.74) is 3.22. The third-order valence-electron chi connectivity index (χ3n) is 9.63. The van der Waals surface area contributed by atoms with E-state index in [1.165, 1.54) is 6.08 Å². The summed E-state index contributed by atoms with van der Waals surface area (Å²) in [5, 5.41) is 14.9. The van der Waals surface area contributed by atoms with Crippen LogP contribution in [-0.2, 0) is 4.79 Å². The Morgan fingerprint density at radius 3 is 2.52 bits per heavy atom. The summed E-state index contributed by atoms with van der Waals surface area (Å²) in [4.78, 5) is 23.4. The number of hydrogen-bond donors (Lipinski definition) is 1. The zero-order valence-electron chi connectivity index (χ0n) is 25.1. The first-order valence-corrected chi connectivity index (χ1v) is 15.4. The molecule has 2 saturated heterocycles. The van der Waals surface area contributed by atoms with Crippen molar-refractivity contribution in [3.05, 3.63) is 58.6 Å². The summed E-state index contributed by atoms with van der Waals surface area (Å²) in [7, 11) is 4.14. The second kappa shape index (κ2) is 10.4. The number of amides is 1. The van der Waals surface area contributed by atoms with Crippen LogP contribution in [0, 0.1) is 12.7 Å². The number of aromatic amines is 1. The maximum Gasteiger partial charge on any atom is 0.245 e. The number of carbonyl (C=O) groups excluding carboxylic acids is 1. The monoisotopic (exact) mass is 634 g/mol. The third kappa shape index (κ3) is 4.29. The van der Waals surface area contributed by atoms with E-state index in [0.717, 1.165) is 29.4 Å². The molecular weight excluding hydrogens is 602 g/mol. The molecule has 228 valence electrons. The summed E-state index contributed by atoms with van der Waals surface area (Å²) >= 11 is 13.6. The summed E-state index contributed by atoms with van der Waals surface area (Å²) in [6, 6.07) is 3.61. The normalized spacial score (nSPS) is 17.3. The van der Waals surface area contributed by atoms with Crippen LogP contribution < -0.4 is 4.90 Å². The number of piperidine rings is 1. The molecule has 2 aliphatic rings. The van der Waals surface area contributed by atoms with Crippen LogP contribution in [0.15, 0.2) is 37.2 Å². The van der Waals surface area contributed by atoms with Gasteiger partial charge in [0.25, 0.3) is 0 Å². The van der Waals surface area contributed by atoms with Gasteiger partial charge in [-0.2, -0.15) is 10.2 Å². The highest BCUT2D eigenvalue weighted by molar-refractivity contribution is 6.36. The highest BCUT2D eigenvalue weighted by Crippen LogP contribution is 2.46. The van der Waals surface area contributed by atoms with E-state index in [1.807, 2.05) is 17.8 Å². The maximum absolute atomic E-state index is 17.1. The van der Waals surface area contributed by atoms with Crippen LogP contribution in [0.1, 0.15) is 31.4 Å². The lowest BCUT2D eigenvalue weighted by Crippen LogP contribution is -2.67. The molecule has 5 aromatic rings. The fourth-order valence-corrected chi connectivity index (χ4v) is 7.25. The van der Waals surface area contributed by atoms with Gasteiger partial charge in [-0.15, -0.1) is 0 Å². The van der Waals surface area contributed by atoms with Crippen LogP contribution >= 0.6 is 23.2 Å². The Labute approximate surface area is 264 Å². The first kappa shape index (κ1) is 29.0. The van der Waals surface area contributed by atoms with Crippen LogP contribution in [0.2, 0.25) is 10.0 Å². The van der Waals surface area contributed by atoms with E-state index in [0.29, 0.717) is 58.8 Å². The molecule has 2 aliphatic heterocycles. The van der Waals surface area contributed by atoms with Gasteiger partial charge in [-0.1, -0.05) is 29.8 Å². The molecule has 44 heavy (non-hydrogen) atoms. The van der Waals surface area contributed by atoms with Crippen molar-refractivity contribution in [2.75, 3.05) is 45.2 Å². The van der Waals surface area contributed by atoms with Crippen LogP contribution in [-0.4, -0.2) is 86.5 Å². The highest BCUT2D eigenvalue weighted by Gasteiger charge is 2.42. The third-order valence-corrected chi connectivity index (χ3v) is 10.3. The van der Waals surface area contributed by atoms with Crippen LogP contribution in [0.25, 0.3) is 43.8 Å². The molecule has 3 aromatic heterocycles. The van der Waals surface area contributed by atoms with Gasteiger partial charge in [0.2, 0.25) is 5.91 Å². The van der Waals surface area contributed by atoms with Gasteiger partial charge in [0.1, 0.15) is 11.3 Å². The number of aromatic nitrogens is 5. The van der Waals surface area contributed by atoms with Gasteiger partial charge in [0.15, 0.2) is 5.82 Å². The smallest absolute Gasteiger partial charge is 0.245 e. The zero-order valence-corrected chi connectivity index (χ0v) is 26.6. The maximum atomic E-state index is 17.1. The van der Waals surface area contributed by atoms with Crippen molar-refractivity contribution in [3.63, 3.8) is 0 Å². The molecule has 0 unspecified atom stereocenters. The van der Waals surface area contributed by atoms with Crippen LogP contribution in [0.4, 0.5) is 10.2 Å². The molecule has 0 spiro atoms. The van der Waals surface area contributed by atoms with E-state index < -0.39 is 5.82 Å². The van der Waals surface area contributed by atoms with Crippen molar-refractivity contribution in [1.29, 1.82) is 0 Å². The standard InChI is InChI=1S/C32H33Cl2FN8O/c1-6-25(44)41-9-7-18(8-10-41)43-30-19-11-23(34)27(26-17(2)22(33)12-24-20(26)13-36-39-24)28(35)29(19)38-31(21(30)14-37-43)42-15-32(3,16-42)40(4)5/h6,11-14,18H,1,7-10,15-16H2,2-5H3,(H,36,39). The van der Waals surface area contributed by atoms with Crippen molar-refractivity contribution in [2.45, 2.75) is 38.3 Å². The Bertz CT molecular complexity index is 1990. The lowest BCUT2D eigenvalue weighted by molar-refractivity contribution is -0.127. The number of nitrogens with zero attached hydrogens (tertiary/aromatic N) is 7. The number of nitrogens with one attached hydrogen (secondary N) is 1. The Hall–Kier alpha value is -3.73. The average Bonchev–Trinajstić information content (AvgIpc) is 3.64. The molecule has 9 nitrogen and oxygen atoms in total. The first-order valence-electron chi connectivity index (χ1n) is 14.7. The van der Waals surface area contributed by atoms with E-state index in [9.17, 15) is 4.79 Å². The van der Waals surface area contributed by atoms with E-state index >= 15 is 4.39 Å². The molecule has 5 heterocycles. The van der Waals surface area contributed by atoms with Crippen molar-refractivity contribution >= 4 is 67.6 Å². The second-order valence-electron chi connectivity index (χ2n) is 12.4. The van der Waals surface area contributed by atoms with Crippen LogP contribution in [0.5, 0.6) is 0 Å². The predicted octanol–water partition coefficient (Wildman–Crippen LogP) is 6.37. The number of likely N-dealkylation sites (tertiary alicyclic amines) is 1. The number of anilines is 1. The molecule has 0 aliphatic carbocycles. The number of H-pyrrole nitrogens is 1. The first-order chi connectivity index (χ1) is 21.0. The van der Waals surface area contributed by atoms with Crippen molar-refractivity contribution < 1.29 is 9.18 Å². The number of carbonyl (C=O) groups is 1. The topological polar surface area (TPSA) is 86.2 Å². The van der Waals surface area contributed by atoms with Crippen molar-refractivity contribution in [1.82, 2.24) is 34.8 Å². The average molecular weight is 636 g/mol. The minimum atomic E-state index is -0.515. The molecule has 7 rings (SSSR count). The summed E-state index contributed by atoms with van der Waals surface area (Å²) in [5.74, 6) is 0.108. The quantitative estimate of drug-likeness (QED) is 0.226. The number of fused-ring (bicyclic) bond motifs is 4. The van der Waals surface area contributed by atoms with Gasteiger partial charge >= 0.3 is 0 Å². The lowest BCUT2D eigenvalue weighted by Gasteiger charge is -2.52. The van der Waals surface area contributed by atoms with Crippen molar-refractivity contribution in [3.8, 4) is 11.1 Å². The molecule has 12 heteroatoms. The number of rotatable bonds is 5. The SMILES string of the molecule is C=CC(=O)N1CCC(n2ncc3c(N4CC(C)(N(C)C)C4)nc4c(F)c(-c5c(C)c(Cl)cc6[nH]ncc56)c(Cl)cc4c32)CC1. The molecule has 2 fully saturated rings.